The lowest BCUT2D eigenvalue weighted by molar-refractivity contribution is 0.323. The van der Waals surface area contributed by atoms with Crippen LogP contribution in [0.3, 0.4) is 0 Å². The van der Waals surface area contributed by atoms with E-state index in [2.05, 4.69) is 15.2 Å². The molecule has 0 radical (unpaired) electrons. The van der Waals surface area contributed by atoms with Crippen molar-refractivity contribution in [3.63, 3.8) is 0 Å². The molecule has 20 heavy (non-hydrogen) atoms. The van der Waals surface area contributed by atoms with Gasteiger partial charge in [0.1, 0.15) is 0 Å². The van der Waals surface area contributed by atoms with Gasteiger partial charge >= 0.3 is 0 Å². The van der Waals surface area contributed by atoms with Crippen LogP contribution in [0.15, 0.2) is 4.99 Å². The van der Waals surface area contributed by atoms with Crippen LogP contribution in [0.2, 0.25) is 0 Å². The number of rotatable bonds is 2. The van der Waals surface area contributed by atoms with Gasteiger partial charge in [0.15, 0.2) is 15.8 Å². The first kappa shape index (κ1) is 18.0. The number of aliphatic imine (C=N–C) groups is 1. The van der Waals surface area contributed by atoms with Gasteiger partial charge in [0.2, 0.25) is 0 Å². The largest absolute Gasteiger partial charge is 0.354 e. The fraction of sp³-hybridized carbons (Fsp3) is 0.923. The molecule has 1 saturated carbocycles. The van der Waals surface area contributed by atoms with Crippen LogP contribution in [0.5, 0.6) is 0 Å². The zero-order valence-corrected chi connectivity index (χ0v) is 15.7. The van der Waals surface area contributed by atoms with Crippen molar-refractivity contribution in [2.75, 3.05) is 25.4 Å². The van der Waals surface area contributed by atoms with E-state index in [1.165, 1.54) is 19.3 Å². The van der Waals surface area contributed by atoms with Crippen molar-refractivity contribution < 1.29 is 8.42 Å². The van der Waals surface area contributed by atoms with Crippen LogP contribution in [0.4, 0.5) is 0 Å². The zero-order chi connectivity index (χ0) is 14.1. The lowest BCUT2D eigenvalue weighted by Crippen LogP contribution is -2.59. The van der Waals surface area contributed by atoms with E-state index < -0.39 is 14.6 Å². The van der Waals surface area contributed by atoms with E-state index in [4.69, 9.17) is 0 Å². The molecule has 0 amide bonds. The number of halogens is 1. The van der Waals surface area contributed by atoms with Crippen LogP contribution in [-0.4, -0.2) is 55.5 Å². The van der Waals surface area contributed by atoms with Crippen LogP contribution in [-0.2, 0) is 9.84 Å². The zero-order valence-electron chi connectivity index (χ0n) is 12.6. The van der Waals surface area contributed by atoms with Gasteiger partial charge in [-0.1, -0.05) is 0 Å². The van der Waals surface area contributed by atoms with Crippen LogP contribution in [0, 0.1) is 0 Å². The maximum absolute atomic E-state index is 12.0. The third-order valence-electron chi connectivity index (χ3n) is 4.09. The molecule has 0 aromatic rings. The Labute approximate surface area is 139 Å². The van der Waals surface area contributed by atoms with Gasteiger partial charge < -0.3 is 10.2 Å². The fourth-order valence-electron chi connectivity index (χ4n) is 2.45. The van der Waals surface area contributed by atoms with Crippen LogP contribution >= 0.6 is 24.0 Å². The van der Waals surface area contributed by atoms with E-state index in [1.54, 1.807) is 13.8 Å². The number of guanidine groups is 1. The van der Waals surface area contributed by atoms with Crippen molar-refractivity contribution >= 4 is 39.8 Å². The predicted octanol–water partition coefficient (Wildman–Crippen LogP) is 1.63. The van der Waals surface area contributed by atoms with Gasteiger partial charge in [-0.25, -0.2) is 8.42 Å². The molecule has 1 aliphatic heterocycles. The maximum atomic E-state index is 12.0. The predicted molar refractivity (Wildman–Crippen MR) is 93.6 cm³/mol. The van der Waals surface area contributed by atoms with Crippen LogP contribution in [0.25, 0.3) is 0 Å². The minimum atomic E-state index is -2.99. The number of nitrogens with one attached hydrogen (secondary N) is 1. The normalized spacial score (nSPS) is 25.6. The van der Waals surface area contributed by atoms with Gasteiger partial charge in [-0.15, -0.1) is 24.0 Å². The lowest BCUT2D eigenvalue weighted by Gasteiger charge is -2.41. The molecule has 1 N–H and O–H groups in total. The van der Waals surface area contributed by atoms with Crippen molar-refractivity contribution in [3.05, 3.63) is 0 Å². The highest BCUT2D eigenvalue weighted by atomic mass is 127. The lowest BCUT2D eigenvalue weighted by atomic mass is 9.93. The average Bonchev–Trinajstić information content (AvgIpc) is 2.26. The summed E-state index contributed by atoms with van der Waals surface area (Å²) in [4.78, 5) is 6.62. The minimum Gasteiger partial charge on any atom is -0.354 e. The SMILES string of the molecule is CCN=C(NC1CCC1)N1CCS(=O)(=O)C(C)(C)C1.I. The third-order valence-corrected chi connectivity index (χ3v) is 6.62. The van der Waals surface area contributed by atoms with E-state index in [9.17, 15) is 8.42 Å². The van der Waals surface area contributed by atoms with Crippen LogP contribution < -0.4 is 5.32 Å². The Kier molecular flexibility index (Phi) is 6.13. The first-order valence-corrected chi connectivity index (χ1v) is 8.79. The van der Waals surface area contributed by atoms with E-state index >= 15 is 0 Å². The van der Waals surface area contributed by atoms with E-state index in [1.807, 2.05) is 6.92 Å². The van der Waals surface area contributed by atoms with Crippen molar-refractivity contribution in [2.24, 2.45) is 4.99 Å². The Morgan fingerprint density at radius 3 is 2.50 bits per heavy atom. The molecule has 5 nitrogen and oxygen atoms in total. The molecule has 1 saturated heterocycles. The van der Waals surface area contributed by atoms with Gasteiger partial charge in [-0.05, 0) is 40.0 Å². The van der Waals surface area contributed by atoms with Gasteiger partial charge in [0.05, 0.1) is 10.5 Å². The van der Waals surface area contributed by atoms with Crippen LogP contribution in [0.1, 0.15) is 40.0 Å². The summed E-state index contributed by atoms with van der Waals surface area (Å²) in [6.45, 7) is 7.41. The Bertz CT molecular complexity index is 458. The number of sulfone groups is 1. The standard InChI is InChI=1S/C13H25N3O2S.HI/c1-4-14-12(15-11-6-5-7-11)16-8-9-19(17,18)13(2,3)10-16;/h11H,4-10H2,1-3H3,(H,14,15);1H. The van der Waals surface area contributed by atoms with Crippen molar-refractivity contribution in [3.8, 4) is 0 Å². The smallest absolute Gasteiger partial charge is 0.194 e. The van der Waals surface area contributed by atoms with Gasteiger partial charge in [0, 0.05) is 25.7 Å². The van der Waals surface area contributed by atoms with E-state index in [-0.39, 0.29) is 29.7 Å². The molecule has 7 heteroatoms. The first-order valence-electron chi connectivity index (χ1n) is 7.14. The van der Waals surface area contributed by atoms with Crippen molar-refractivity contribution in [1.82, 2.24) is 10.2 Å². The Balaban J connectivity index is 0.00000200. The van der Waals surface area contributed by atoms with Gasteiger partial charge in [-0.2, -0.15) is 0 Å². The Hall–Kier alpha value is -0.0500. The summed E-state index contributed by atoms with van der Waals surface area (Å²) in [7, 11) is -2.99. The molecule has 0 unspecified atom stereocenters. The second-order valence-corrected chi connectivity index (χ2v) is 8.81. The highest BCUT2D eigenvalue weighted by Gasteiger charge is 2.41. The molecule has 2 rings (SSSR count). The summed E-state index contributed by atoms with van der Waals surface area (Å²) in [5.74, 6) is 1.10. The Morgan fingerprint density at radius 1 is 1.40 bits per heavy atom. The summed E-state index contributed by atoms with van der Waals surface area (Å²) < 4.78 is 23.4. The molecule has 1 heterocycles. The summed E-state index contributed by atoms with van der Waals surface area (Å²) in [5, 5.41) is 3.47. The van der Waals surface area contributed by atoms with Crippen molar-refractivity contribution in [2.45, 2.75) is 50.8 Å². The fourth-order valence-corrected chi connectivity index (χ4v) is 3.81. The average molecular weight is 415 g/mol. The number of nitrogens with zero attached hydrogens (tertiary/aromatic N) is 2. The molecular formula is C13H26IN3O2S. The molecule has 0 aromatic carbocycles. The minimum absolute atomic E-state index is 0. The number of hydrogen-bond donors (Lipinski definition) is 1. The molecule has 0 bridgehead atoms. The number of hydrogen-bond acceptors (Lipinski definition) is 3. The molecular weight excluding hydrogens is 389 g/mol. The molecule has 0 atom stereocenters. The molecule has 0 aromatic heterocycles. The third kappa shape index (κ3) is 3.78. The molecule has 2 aliphatic rings. The van der Waals surface area contributed by atoms with E-state index in [0.717, 1.165) is 12.5 Å². The van der Waals surface area contributed by atoms with E-state index in [0.29, 0.717) is 19.1 Å². The molecule has 118 valence electrons. The summed E-state index contributed by atoms with van der Waals surface area (Å²) in [6.07, 6.45) is 3.66. The van der Waals surface area contributed by atoms with Gasteiger partial charge in [-0.3, -0.25) is 4.99 Å². The summed E-state index contributed by atoms with van der Waals surface area (Å²) in [5.41, 5.74) is 0. The second-order valence-electron chi connectivity index (χ2n) is 6.07. The summed E-state index contributed by atoms with van der Waals surface area (Å²) >= 11 is 0. The topological polar surface area (TPSA) is 61.8 Å². The maximum Gasteiger partial charge on any atom is 0.194 e. The quantitative estimate of drug-likeness (QED) is 0.423. The summed E-state index contributed by atoms with van der Waals surface area (Å²) in [6, 6.07) is 0.520. The molecule has 2 fully saturated rings. The first-order chi connectivity index (χ1) is 8.86. The second kappa shape index (κ2) is 6.81. The van der Waals surface area contributed by atoms with Gasteiger partial charge in [0.25, 0.3) is 0 Å². The molecule has 0 spiro atoms. The van der Waals surface area contributed by atoms with Crippen molar-refractivity contribution in [1.29, 1.82) is 0 Å². The highest BCUT2D eigenvalue weighted by Crippen LogP contribution is 2.24. The highest BCUT2D eigenvalue weighted by molar-refractivity contribution is 14.0. The monoisotopic (exact) mass is 415 g/mol. The Morgan fingerprint density at radius 2 is 2.05 bits per heavy atom. The molecule has 1 aliphatic carbocycles.